The van der Waals surface area contributed by atoms with E-state index in [-0.39, 0.29) is 12.8 Å². The quantitative estimate of drug-likeness (QED) is 0.788. The summed E-state index contributed by atoms with van der Waals surface area (Å²) in [6.07, 6.45) is -3.67. The molecule has 0 spiro atoms. The molecule has 0 fully saturated rings. The van der Waals surface area contributed by atoms with Gasteiger partial charge in [0.05, 0.1) is 23.2 Å². The van der Waals surface area contributed by atoms with Crippen molar-refractivity contribution >= 4 is 0 Å². The van der Waals surface area contributed by atoms with E-state index in [1.165, 1.54) is 0 Å². The van der Waals surface area contributed by atoms with Crippen LogP contribution in [-0.2, 0) is 12.8 Å². The standard InChI is InChI=1S/C17H13F3N2/c18-17(19,20)14-6-8-16-13(9-14)5-7-15(22-16)12-3-1-11(10-21)2-4-12/h1-5,7,14H,6,8-9H2. The van der Waals surface area contributed by atoms with Gasteiger partial charge in [-0.1, -0.05) is 18.2 Å². The summed E-state index contributed by atoms with van der Waals surface area (Å²) in [5.74, 6) is -1.26. The molecule has 0 amide bonds. The molecule has 1 aliphatic carbocycles. The minimum atomic E-state index is -4.14. The summed E-state index contributed by atoms with van der Waals surface area (Å²) in [4.78, 5) is 4.51. The average Bonchev–Trinajstić information content (AvgIpc) is 2.53. The first-order valence-electron chi connectivity index (χ1n) is 7.03. The van der Waals surface area contributed by atoms with Crippen molar-refractivity contribution in [1.29, 1.82) is 5.26 Å². The van der Waals surface area contributed by atoms with Crippen LogP contribution in [0.2, 0.25) is 0 Å². The molecule has 0 radical (unpaired) electrons. The van der Waals surface area contributed by atoms with E-state index in [1.807, 2.05) is 6.07 Å². The summed E-state index contributed by atoms with van der Waals surface area (Å²) in [7, 11) is 0. The second-order valence-corrected chi connectivity index (χ2v) is 5.47. The Kier molecular flexibility index (Phi) is 3.61. The minimum absolute atomic E-state index is 0.0134. The Labute approximate surface area is 126 Å². The molecule has 3 rings (SSSR count). The number of nitrogens with zero attached hydrogens (tertiary/aromatic N) is 2. The van der Waals surface area contributed by atoms with Crippen LogP contribution >= 0.6 is 0 Å². The van der Waals surface area contributed by atoms with Crippen molar-refractivity contribution in [3.8, 4) is 17.3 Å². The zero-order valence-electron chi connectivity index (χ0n) is 11.7. The van der Waals surface area contributed by atoms with Crippen molar-refractivity contribution in [2.75, 3.05) is 0 Å². The number of aryl methyl sites for hydroxylation is 1. The molecule has 1 heterocycles. The summed E-state index contributed by atoms with van der Waals surface area (Å²) in [6.45, 7) is 0. The first kappa shape index (κ1) is 14.6. The number of rotatable bonds is 1. The second kappa shape index (κ2) is 5.45. The lowest BCUT2D eigenvalue weighted by Crippen LogP contribution is -2.29. The molecule has 112 valence electrons. The fraction of sp³-hybridized carbons (Fsp3) is 0.294. The van der Waals surface area contributed by atoms with Crippen molar-refractivity contribution in [2.24, 2.45) is 5.92 Å². The van der Waals surface area contributed by atoms with Gasteiger partial charge in [-0.2, -0.15) is 18.4 Å². The van der Waals surface area contributed by atoms with E-state index in [0.29, 0.717) is 17.5 Å². The third kappa shape index (κ3) is 2.82. The number of hydrogen-bond acceptors (Lipinski definition) is 2. The predicted molar refractivity (Wildman–Crippen MR) is 76.0 cm³/mol. The van der Waals surface area contributed by atoms with Crippen molar-refractivity contribution in [3.63, 3.8) is 0 Å². The number of nitriles is 1. The fourth-order valence-corrected chi connectivity index (χ4v) is 2.77. The highest BCUT2D eigenvalue weighted by molar-refractivity contribution is 5.61. The molecule has 0 saturated carbocycles. The third-order valence-electron chi connectivity index (χ3n) is 4.04. The van der Waals surface area contributed by atoms with Crippen LogP contribution in [0.4, 0.5) is 13.2 Å². The molecule has 0 N–H and O–H groups in total. The zero-order chi connectivity index (χ0) is 15.7. The molecule has 1 aliphatic rings. The van der Waals surface area contributed by atoms with Crippen molar-refractivity contribution < 1.29 is 13.2 Å². The largest absolute Gasteiger partial charge is 0.392 e. The van der Waals surface area contributed by atoms with Gasteiger partial charge in [-0.05, 0) is 43.0 Å². The summed E-state index contributed by atoms with van der Waals surface area (Å²) < 4.78 is 38.4. The molecule has 1 aromatic heterocycles. The Morgan fingerprint density at radius 3 is 2.45 bits per heavy atom. The van der Waals surface area contributed by atoms with Crippen LogP contribution in [0.5, 0.6) is 0 Å². The van der Waals surface area contributed by atoms with E-state index in [9.17, 15) is 13.2 Å². The van der Waals surface area contributed by atoms with Gasteiger partial charge < -0.3 is 0 Å². The van der Waals surface area contributed by atoms with Crippen molar-refractivity contribution in [1.82, 2.24) is 4.98 Å². The number of fused-ring (bicyclic) bond motifs is 1. The van der Waals surface area contributed by atoms with Gasteiger partial charge >= 0.3 is 6.18 Å². The Balaban J connectivity index is 1.88. The normalized spacial score (nSPS) is 17.6. The molecule has 5 heteroatoms. The van der Waals surface area contributed by atoms with Crippen LogP contribution in [0.15, 0.2) is 36.4 Å². The smallest absolute Gasteiger partial charge is 0.253 e. The summed E-state index contributed by atoms with van der Waals surface area (Å²) >= 11 is 0. The number of aromatic nitrogens is 1. The molecule has 1 atom stereocenters. The highest BCUT2D eigenvalue weighted by Gasteiger charge is 2.41. The first-order chi connectivity index (χ1) is 10.5. The molecule has 2 nitrogen and oxygen atoms in total. The molecule has 0 saturated heterocycles. The summed E-state index contributed by atoms with van der Waals surface area (Å²) in [5.41, 5.74) is 3.59. The predicted octanol–water partition coefficient (Wildman–Crippen LogP) is 4.29. The molecule has 0 bridgehead atoms. The molecular weight excluding hydrogens is 289 g/mol. The molecule has 22 heavy (non-hydrogen) atoms. The van der Waals surface area contributed by atoms with Gasteiger partial charge in [0.15, 0.2) is 0 Å². The molecular formula is C17H13F3N2. The zero-order valence-corrected chi connectivity index (χ0v) is 11.7. The van der Waals surface area contributed by atoms with Crippen LogP contribution in [0.3, 0.4) is 0 Å². The molecule has 0 aliphatic heterocycles. The Morgan fingerprint density at radius 2 is 1.82 bits per heavy atom. The Hall–Kier alpha value is -2.35. The van der Waals surface area contributed by atoms with Gasteiger partial charge in [0.25, 0.3) is 0 Å². The van der Waals surface area contributed by atoms with Gasteiger partial charge in [0.1, 0.15) is 0 Å². The number of alkyl halides is 3. The summed E-state index contributed by atoms with van der Waals surface area (Å²) in [5, 5.41) is 8.79. The maximum atomic E-state index is 12.8. The maximum Gasteiger partial charge on any atom is 0.392 e. The summed E-state index contributed by atoms with van der Waals surface area (Å²) in [6, 6.07) is 12.5. The van der Waals surface area contributed by atoms with Gasteiger partial charge in [-0.3, -0.25) is 4.98 Å². The number of halogens is 3. The van der Waals surface area contributed by atoms with E-state index in [0.717, 1.165) is 17.0 Å². The second-order valence-electron chi connectivity index (χ2n) is 5.47. The number of pyridine rings is 1. The van der Waals surface area contributed by atoms with Crippen LogP contribution < -0.4 is 0 Å². The molecule has 1 unspecified atom stereocenters. The molecule has 2 aromatic rings. The highest BCUT2D eigenvalue weighted by Crippen LogP contribution is 2.37. The van der Waals surface area contributed by atoms with Crippen LogP contribution in [0.25, 0.3) is 11.3 Å². The number of benzene rings is 1. The lowest BCUT2D eigenvalue weighted by atomic mass is 9.86. The van der Waals surface area contributed by atoms with Gasteiger partial charge in [0.2, 0.25) is 0 Å². The number of hydrogen-bond donors (Lipinski definition) is 0. The Bertz CT molecular complexity index is 727. The van der Waals surface area contributed by atoms with E-state index in [1.54, 1.807) is 36.4 Å². The SMILES string of the molecule is N#Cc1ccc(-c2ccc3c(n2)CCC(C(F)(F)F)C3)cc1. The van der Waals surface area contributed by atoms with E-state index >= 15 is 0 Å². The van der Waals surface area contributed by atoms with Gasteiger partial charge in [0, 0.05) is 11.3 Å². The van der Waals surface area contributed by atoms with E-state index in [2.05, 4.69) is 4.98 Å². The van der Waals surface area contributed by atoms with Crippen molar-refractivity contribution in [2.45, 2.75) is 25.4 Å². The molecule has 1 aromatic carbocycles. The lowest BCUT2D eigenvalue weighted by Gasteiger charge is -2.26. The topological polar surface area (TPSA) is 36.7 Å². The lowest BCUT2D eigenvalue weighted by molar-refractivity contribution is -0.177. The minimum Gasteiger partial charge on any atom is -0.253 e. The third-order valence-corrected chi connectivity index (χ3v) is 4.04. The maximum absolute atomic E-state index is 12.8. The average molecular weight is 302 g/mol. The Morgan fingerprint density at radius 1 is 1.09 bits per heavy atom. The highest BCUT2D eigenvalue weighted by atomic mass is 19.4. The van der Waals surface area contributed by atoms with Crippen LogP contribution in [0.1, 0.15) is 23.2 Å². The van der Waals surface area contributed by atoms with E-state index in [4.69, 9.17) is 5.26 Å². The van der Waals surface area contributed by atoms with Crippen LogP contribution in [0, 0.1) is 17.2 Å². The van der Waals surface area contributed by atoms with Crippen LogP contribution in [-0.4, -0.2) is 11.2 Å². The van der Waals surface area contributed by atoms with E-state index < -0.39 is 12.1 Å². The van der Waals surface area contributed by atoms with Gasteiger partial charge in [-0.15, -0.1) is 0 Å². The fourth-order valence-electron chi connectivity index (χ4n) is 2.77. The first-order valence-corrected chi connectivity index (χ1v) is 7.03. The monoisotopic (exact) mass is 302 g/mol. The van der Waals surface area contributed by atoms with Crippen molar-refractivity contribution in [3.05, 3.63) is 53.2 Å². The van der Waals surface area contributed by atoms with Gasteiger partial charge in [-0.25, -0.2) is 0 Å².